The van der Waals surface area contributed by atoms with Crippen LogP contribution < -0.4 is 14.2 Å². The van der Waals surface area contributed by atoms with Crippen molar-refractivity contribution in [1.82, 2.24) is 4.90 Å². The maximum Gasteiger partial charge on any atom is 0.231 e. The van der Waals surface area contributed by atoms with E-state index in [2.05, 4.69) is 80.3 Å². The molecule has 0 fully saturated rings. The van der Waals surface area contributed by atoms with Gasteiger partial charge in [-0.2, -0.15) is 0 Å². The van der Waals surface area contributed by atoms with E-state index in [1.54, 1.807) is 0 Å². The molecule has 0 spiro atoms. The number of ether oxygens (including phenoxy) is 3. The molecule has 0 radical (unpaired) electrons. The zero-order valence-corrected chi connectivity index (χ0v) is 18.5. The molecule has 0 bridgehead atoms. The van der Waals surface area contributed by atoms with Crippen molar-refractivity contribution in [2.75, 3.05) is 13.3 Å². The normalized spacial score (nSPS) is 15.6. The van der Waals surface area contributed by atoms with Crippen molar-refractivity contribution >= 4 is 0 Å². The fourth-order valence-electron chi connectivity index (χ4n) is 4.26. The molecular weight excluding hydrogens is 386 g/mol. The van der Waals surface area contributed by atoms with E-state index in [1.165, 1.54) is 22.3 Å². The summed E-state index contributed by atoms with van der Waals surface area (Å²) in [5.74, 6) is 3.50. The van der Waals surface area contributed by atoms with E-state index >= 15 is 0 Å². The number of nitrogens with zero attached hydrogens (tertiary/aromatic N) is 1. The van der Waals surface area contributed by atoms with Crippen molar-refractivity contribution in [2.45, 2.75) is 45.7 Å². The van der Waals surface area contributed by atoms with Crippen LogP contribution in [-0.4, -0.2) is 18.2 Å². The number of hydrogen-bond acceptors (Lipinski definition) is 4. The lowest BCUT2D eigenvalue weighted by molar-refractivity contribution is 0.174. The van der Waals surface area contributed by atoms with E-state index < -0.39 is 0 Å². The lowest BCUT2D eigenvalue weighted by Crippen LogP contribution is -2.30. The molecule has 4 heteroatoms. The first-order valence-electron chi connectivity index (χ1n) is 11.0. The summed E-state index contributed by atoms with van der Waals surface area (Å²) < 4.78 is 17.2. The van der Waals surface area contributed by atoms with Crippen molar-refractivity contribution in [1.29, 1.82) is 0 Å². The summed E-state index contributed by atoms with van der Waals surface area (Å²) in [5.41, 5.74) is 5.41. The smallest absolute Gasteiger partial charge is 0.231 e. The summed E-state index contributed by atoms with van der Waals surface area (Å²) in [5, 5.41) is 0. The molecule has 0 saturated heterocycles. The average molecular weight is 416 g/mol. The van der Waals surface area contributed by atoms with E-state index in [-0.39, 0.29) is 5.41 Å². The Morgan fingerprint density at radius 2 is 1.61 bits per heavy atom. The average Bonchev–Trinajstić information content (AvgIpc) is 3.19. The van der Waals surface area contributed by atoms with E-state index in [0.717, 1.165) is 49.1 Å². The SMILES string of the molecule is CC(C)(C)c1ccc(Oc2cccc(CN3CCc4cc5c(cc4C3)OCO5)c2)cc1. The van der Waals surface area contributed by atoms with Crippen LogP contribution in [0.2, 0.25) is 0 Å². The molecule has 0 amide bonds. The van der Waals surface area contributed by atoms with Crippen molar-refractivity contribution in [3.05, 3.63) is 82.9 Å². The van der Waals surface area contributed by atoms with E-state index in [9.17, 15) is 0 Å². The first-order valence-corrected chi connectivity index (χ1v) is 11.0. The minimum Gasteiger partial charge on any atom is -0.457 e. The zero-order chi connectivity index (χ0) is 21.4. The summed E-state index contributed by atoms with van der Waals surface area (Å²) >= 11 is 0. The first kappa shape index (κ1) is 20.0. The number of benzene rings is 3. The van der Waals surface area contributed by atoms with Crippen LogP contribution in [0.25, 0.3) is 0 Å². The van der Waals surface area contributed by atoms with Crippen LogP contribution in [0, 0.1) is 0 Å². The predicted octanol–water partition coefficient (Wildman–Crippen LogP) is 6.06. The monoisotopic (exact) mass is 415 g/mol. The molecule has 5 rings (SSSR count). The molecule has 0 saturated carbocycles. The third-order valence-corrected chi connectivity index (χ3v) is 6.05. The third kappa shape index (κ3) is 4.40. The fourth-order valence-corrected chi connectivity index (χ4v) is 4.26. The number of fused-ring (bicyclic) bond motifs is 2. The van der Waals surface area contributed by atoms with E-state index in [1.807, 2.05) is 6.07 Å². The van der Waals surface area contributed by atoms with Crippen molar-refractivity contribution in [3.8, 4) is 23.0 Å². The second-order valence-corrected chi connectivity index (χ2v) is 9.46. The Morgan fingerprint density at radius 1 is 0.871 bits per heavy atom. The quantitative estimate of drug-likeness (QED) is 0.518. The summed E-state index contributed by atoms with van der Waals surface area (Å²) in [7, 11) is 0. The first-order chi connectivity index (χ1) is 14.9. The predicted molar refractivity (Wildman–Crippen MR) is 122 cm³/mol. The molecule has 2 heterocycles. The highest BCUT2D eigenvalue weighted by atomic mass is 16.7. The highest BCUT2D eigenvalue weighted by Gasteiger charge is 2.22. The topological polar surface area (TPSA) is 30.9 Å². The van der Waals surface area contributed by atoms with Gasteiger partial charge < -0.3 is 14.2 Å². The van der Waals surface area contributed by atoms with Crippen LogP contribution in [0.15, 0.2) is 60.7 Å². The Balaban J connectivity index is 1.26. The summed E-state index contributed by atoms with van der Waals surface area (Å²) in [4.78, 5) is 2.47. The van der Waals surface area contributed by atoms with Gasteiger partial charge in [0.15, 0.2) is 11.5 Å². The molecule has 0 unspecified atom stereocenters. The Hall–Kier alpha value is -2.98. The van der Waals surface area contributed by atoms with Gasteiger partial charge in [-0.25, -0.2) is 0 Å². The molecule has 4 nitrogen and oxygen atoms in total. The van der Waals surface area contributed by atoms with E-state index in [0.29, 0.717) is 6.79 Å². The Labute approximate surface area is 184 Å². The van der Waals surface area contributed by atoms with E-state index in [4.69, 9.17) is 14.2 Å². The molecule has 0 aliphatic carbocycles. The Morgan fingerprint density at radius 3 is 2.35 bits per heavy atom. The lowest BCUT2D eigenvalue weighted by atomic mass is 9.87. The van der Waals surface area contributed by atoms with Crippen LogP contribution in [0.5, 0.6) is 23.0 Å². The van der Waals surface area contributed by atoms with Gasteiger partial charge in [0, 0.05) is 19.6 Å². The zero-order valence-electron chi connectivity index (χ0n) is 18.5. The second-order valence-electron chi connectivity index (χ2n) is 9.46. The summed E-state index contributed by atoms with van der Waals surface area (Å²) in [6.07, 6.45) is 1.03. The molecule has 160 valence electrons. The van der Waals surface area contributed by atoms with Crippen LogP contribution in [0.1, 0.15) is 43.0 Å². The van der Waals surface area contributed by atoms with Gasteiger partial charge in [0.1, 0.15) is 11.5 Å². The van der Waals surface area contributed by atoms with Gasteiger partial charge in [0.25, 0.3) is 0 Å². The molecule has 0 aromatic heterocycles. The van der Waals surface area contributed by atoms with Crippen LogP contribution in [-0.2, 0) is 24.9 Å². The summed E-state index contributed by atoms with van der Waals surface area (Å²) in [6.45, 7) is 9.84. The minimum absolute atomic E-state index is 0.144. The maximum absolute atomic E-state index is 6.13. The van der Waals surface area contributed by atoms with Crippen LogP contribution >= 0.6 is 0 Å². The molecule has 2 aliphatic heterocycles. The van der Waals surface area contributed by atoms with Gasteiger partial charge in [-0.3, -0.25) is 4.90 Å². The highest BCUT2D eigenvalue weighted by Crippen LogP contribution is 2.37. The van der Waals surface area contributed by atoms with Gasteiger partial charge >= 0.3 is 0 Å². The van der Waals surface area contributed by atoms with Gasteiger partial charge in [-0.05, 0) is 70.5 Å². The molecule has 2 aliphatic rings. The lowest BCUT2D eigenvalue weighted by Gasteiger charge is -2.29. The number of rotatable bonds is 4. The molecule has 3 aromatic rings. The molecular formula is C27H29NO3. The van der Waals surface area contributed by atoms with Gasteiger partial charge in [-0.1, -0.05) is 45.0 Å². The molecule has 0 atom stereocenters. The minimum atomic E-state index is 0.144. The summed E-state index contributed by atoms with van der Waals surface area (Å²) in [6, 6.07) is 21.1. The van der Waals surface area contributed by atoms with Crippen molar-refractivity contribution < 1.29 is 14.2 Å². The van der Waals surface area contributed by atoms with Crippen molar-refractivity contribution in [2.24, 2.45) is 0 Å². The second kappa shape index (κ2) is 7.93. The van der Waals surface area contributed by atoms with Gasteiger partial charge in [0.05, 0.1) is 0 Å². The van der Waals surface area contributed by atoms with Gasteiger partial charge in [-0.15, -0.1) is 0 Å². The van der Waals surface area contributed by atoms with Crippen LogP contribution in [0.4, 0.5) is 0 Å². The van der Waals surface area contributed by atoms with Crippen molar-refractivity contribution in [3.63, 3.8) is 0 Å². The highest BCUT2D eigenvalue weighted by molar-refractivity contribution is 5.49. The largest absolute Gasteiger partial charge is 0.457 e. The Bertz CT molecular complexity index is 1080. The molecule has 31 heavy (non-hydrogen) atoms. The maximum atomic E-state index is 6.13. The Kier molecular flexibility index (Phi) is 5.11. The molecule has 0 N–H and O–H groups in total. The fraction of sp³-hybridized carbons (Fsp3) is 0.333. The van der Waals surface area contributed by atoms with Gasteiger partial charge in [0.2, 0.25) is 6.79 Å². The molecule has 3 aromatic carbocycles. The standard InChI is InChI=1S/C27H29NO3/c1-27(2,3)22-7-9-23(10-8-22)31-24-6-4-5-19(13-24)16-28-12-11-20-14-25-26(30-18-29-25)15-21(20)17-28/h4-10,13-15H,11-12,16-18H2,1-3H3. The third-order valence-electron chi connectivity index (χ3n) is 6.05. The van der Waals surface area contributed by atoms with Crippen LogP contribution in [0.3, 0.4) is 0 Å². The number of hydrogen-bond donors (Lipinski definition) is 0.